The Balaban J connectivity index is 1.46. The molecule has 5 nitrogen and oxygen atoms in total. The van der Waals surface area contributed by atoms with Gasteiger partial charge in [0, 0.05) is 31.8 Å². The molecular formula is C20H30FN3O2. The van der Waals surface area contributed by atoms with E-state index in [9.17, 15) is 9.18 Å². The Morgan fingerprint density at radius 1 is 1.23 bits per heavy atom. The number of amides is 1. The Labute approximate surface area is 155 Å². The van der Waals surface area contributed by atoms with Gasteiger partial charge in [-0.3, -0.25) is 14.6 Å². The molecule has 2 aliphatic rings. The SMILES string of the molecule is NC(=O)CN(CC1CCN(Cc2ccccc2F)CC1)C[C@@H]1CCCO1. The molecule has 0 spiro atoms. The lowest BCUT2D eigenvalue weighted by atomic mass is 9.95. The number of hydrogen-bond donors (Lipinski definition) is 1. The number of nitrogens with two attached hydrogens (primary N) is 1. The van der Waals surface area contributed by atoms with E-state index in [-0.39, 0.29) is 17.8 Å². The van der Waals surface area contributed by atoms with Crippen LogP contribution < -0.4 is 5.73 Å². The molecule has 144 valence electrons. The van der Waals surface area contributed by atoms with Gasteiger partial charge in [-0.15, -0.1) is 0 Å². The molecule has 1 atom stereocenters. The van der Waals surface area contributed by atoms with Crippen molar-refractivity contribution >= 4 is 5.91 Å². The van der Waals surface area contributed by atoms with Gasteiger partial charge < -0.3 is 10.5 Å². The average molecular weight is 363 g/mol. The third kappa shape index (κ3) is 5.76. The molecule has 2 aliphatic heterocycles. The van der Waals surface area contributed by atoms with Crippen LogP contribution in [0.4, 0.5) is 4.39 Å². The molecular weight excluding hydrogens is 333 g/mol. The number of nitrogens with zero attached hydrogens (tertiary/aromatic N) is 2. The number of likely N-dealkylation sites (tertiary alicyclic amines) is 1. The van der Waals surface area contributed by atoms with E-state index >= 15 is 0 Å². The molecule has 0 unspecified atom stereocenters. The van der Waals surface area contributed by atoms with Crippen molar-refractivity contribution < 1.29 is 13.9 Å². The molecule has 2 heterocycles. The Bertz CT molecular complexity index is 584. The van der Waals surface area contributed by atoms with E-state index in [1.807, 2.05) is 12.1 Å². The Morgan fingerprint density at radius 3 is 2.65 bits per heavy atom. The van der Waals surface area contributed by atoms with Gasteiger partial charge in [0.05, 0.1) is 12.6 Å². The van der Waals surface area contributed by atoms with E-state index < -0.39 is 0 Å². The highest BCUT2D eigenvalue weighted by Gasteiger charge is 2.25. The largest absolute Gasteiger partial charge is 0.377 e. The van der Waals surface area contributed by atoms with Crippen LogP contribution in [0.15, 0.2) is 24.3 Å². The van der Waals surface area contributed by atoms with Gasteiger partial charge in [0.2, 0.25) is 5.91 Å². The fourth-order valence-corrected chi connectivity index (χ4v) is 4.06. The van der Waals surface area contributed by atoms with Crippen LogP contribution in [0.5, 0.6) is 0 Å². The first-order chi connectivity index (χ1) is 12.6. The number of benzene rings is 1. The van der Waals surface area contributed by atoms with E-state index in [2.05, 4.69) is 9.80 Å². The highest BCUT2D eigenvalue weighted by atomic mass is 19.1. The van der Waals surface area contributed by atoms with Gasteiger partial charge in [-0.25, -0.2) is 4.39 Å². The molecule has 1 amide bonds. The molecule has 0 bridgehead atoms. The minimum atomic E-state index is -0.278. The molecule has 0 aliphatic carbocycles. The summed E-state index contributed by atoms with van der Waals surface area (Å²) in [5, 5.41) is 0. The highest BCUT2D eigenvalue weighted by Crippen LogP contribution is 2.22. The summed E-state index contributed by atoms with van der Waals surface area (Å²) in [6.07, 6.45) is 4.53. The van der Waals surface area contributed by atoms with E-state index in [0.717, 1.165) is 64.0 Å². The summed E-state index contributed by atoms with van der Waals surface area (Å²) in [6, 6.07) is 7.00. The lowest BCUT2D eigenvalue weighted by molar-refractivity contribution is -0.119. The van der Waals surface area contributed by atoms with Crippen molar-refractivity contribution in [2.45, 2.75) is 38.3 Å². The second kappa shape index (κ2) is 9.44. The van der Waals surface area contributed by atoms with Crippen molar-refractivity contribution in [3.8, 4) is 0 Å². The summed E-state index contributed by atoms with van der Waals surface area (Å²) in [5.74, 6) is 0.145. The molecule has 3 rings (SSSR count). The first-order valence-corrected chi connectivity index (χ1v) is 9.68. The number of ether oxygens (including phenoxy) is 1. The maximum atomic E-state index is 13.8. The van der Waals surface area contributed by atoms with Crippen molar-refractivity contribution in [2.75, 3.05) is 39.3 Å². The molecule has 26 heavy (non-hydrogen) atoms. The van der Waals surface area contributed by atoms with Gasteiger partial charge in [-0.05, 0) is 50.8 Å². The third-order valence-electron chi connectivity index (χ3n) is 5.44. The second-order valence-electron chi connectivity index (χ2n) is 7.61. The van der Waals surface area contributed by atoms with Crippen LogP contribution in [-0.4, -0.2) is 61.1 Å². The number of rotatable bonds is 8. The van der Waals surface area contributed by atoms with Crippen LogP contribution in [0.1, 0.15) is 31.2 Å². The average Bonchev–Trinajstić information content (AvgIpc) is 3.11. The van der Waals surface area contributed by atoms with Gasteiger partial charge in [-0.2, -0.15) is 0 Å². The maximum absolute atomic E-state index is 13.8. The van der Waals surface area contributed by atoms with Crippen LogP contribution >= 0.6 is 0 Å². The van der Waals surface area contributed by atoms with Crippen LogP contribution in [0.2, 0.25) is 0 Å². The molecule has 1 aromatic rings. The zero-order valence-electron chi connectivity index (χ0n) is 15.4. The summed E-state index contributed by atoms with van der Waals surface area (Å²) >= 11 is 0. The van der Waals surface area contributed by atoms with Crippen LogP contribution in [0.3, 0.4) is 0 Å². The fourth-order valence-electron chi connectivity index (χ4n) is 4.06. The smallest absolute Gasteiger partial charge is 0.231 e. The fraction of sp³-hybridized carbons (Fsp3) is 0.650. The predicted octanol–water partition coefficient (Wildman–Crippen LogP) is 2.00. The Morgan fingerprint density at radius 2 is 2.00 bits per heavy atom. The Kier molecular flexibility index (Phi) is 7.00. The standard InChI is InChI=1S/C20H30FN3O2/c21-19-6-2-1-4-17(19)13-23-9-7-16(8-10-23)12-24(15-20(22)25)14-18-5-3-11-26-18/h1-2,4,6,16,18H,3,5,7-15H2,(H2,22,25)/t18-/m0/s1. The van der Waals surface area contributed by atoms with Crippen molar-refractivity contribution in [3.63, 3.8) is 0 Å². The molecule has 0 radical (unpaired) electrons. The summed E-state index contributed by atoms with van der Waals surface area (Å²) < 4.78 is 19.5. The van der Waals surface area contributed by atoms with Crippen LogP contribution in [0, 0.1) is 11.7 Å². The van der Waals surface area contributed by atoms with Gasteiger partial charge >= 0.3 is 0 Å². The second-order valence-corrected chi connectivity index (χ2v) is 7.61. The number of halogens is 1. The van der Waals surface area contributed by atoms with Gasteiger partial charge in [0.25, 0.3) is 0 Å². The van der Waals surface area contributed by atoms with Crippen molar-refractivity contribution in [3.05, 3.63) is 35.6 Å². The van der Waals surface area contributed by atoms with Gasteiger partial charge in [0.15, 0.2) is 0 Å². The Hall–Kier alpha value is -1.50. The first kappa shape index (κ1) is 19.3. The molecule has 2 fully saturated rings. The van der Waals surface area contributed by atoms with Crippen molar-refractivity contribution in [1.82, 2.24) is 9.80 Å². The molecule has 2 saturated heterocycles. The summed E-state index contributed by atoms with van der Waals surface area (Å²) in [5.41, 5.74) is 6.19. The lowest BCUT2D eigenvalue weighted by Gasteiger charge is -2.35. The quantitative estimate of drug-likeness (QED) is 0.768. The number of carbonyl (C=O) groups is 1. The maximum Gasteiger partial charge on any atom is 0.231 e. The minimum Gasteiger partial charge on any atom is -0.377 e. The van der Waals surface area contributed by atoms with E-state index in [1.54, 1.807) is 6.07 Å². The van der Waals surface area contributed by atoms with E-state index in [4.69, 9.17) is 10.5 Å². The van der Waals surface area contributed by atoms with Gasteiger partial charge in [0.1, 0.15) is 5.82 Å². The number of carbonyl (C=O) groups excluding carboxylic acids is 1. The van der Waals surface area contributed by atoms with E-state index in [0.29, 0.717) is 19.0 Å². The summed E-state index contributed by atoms with van der Waals surface area (Å²) in [7, 11) is 0. The first-order valence-electron chi connectivity index (χ1n) is 9.68. The zero-order chi connectivity index (χ0) is 18.4. The molecule has 6 heteroatoms. The molecule has 2 N–H and O–H groups in total. The number of piperidine rings is 1. The zero-order valence-corrected chi connectivity index (χ0v) is 15.4. The summed E-state index contributed by atoms with van der Waals surface area (Å²) in [6.45, 7) is 5.39. The third-order valence-corrected chi connectivity index (χ3v) is 5.44. The summed E-state index contributed by atoms with van der Waals surface area (Å²) in [4.78, 5) is 15.9. The van der Waals surface area contributed by atoms with Crippen molar-refractivity contribution in [1.29, 1.82) is 0 Å². The van der Waals surface area contributed by atoms with Crippen molar-refractivity contribution in [2.24, 2.45) is 11.7 Å². The highest BCUT2D eigenvalue weighted by molar-refractivity contribution is 5.75. The van der Waals surface area contributed by atoms with Crippen LogP contribution in [0.25, 0.3) is 0 Å². The molecule has 0 aromatic heterocycles. The molecule has 1 aromatic carbocycles. The van der Waals surface area contributed by atoms with Gasteiger partial charge in [-0.1, -0.05) is 18.2 Å². The van der Waals surface area contributed by atoms with E-state index in [1.165, 1.54) is 6.07 Å². The number of primary amides is 1. The predicted molar refractivity (Wildman–Crippen MR) is 99.0 cm³/mol. The normalized spacial score (nSPS) is 22.2. The monoisotopic (exact) mass is 363 g/mol. The topological polar surface area (TPSA) is 58.8 Å². The lowest BCUT2D eigenvalue weighted by Crippen LogP contribution is -2.44. The molecule has 0 saturated carbocycles. The minimum absolute atomic E-state index is 0.126. The van der Waals surface area contributed by atoms with Crippen LogP contribution in [-0.2, 0) is 16.1 Å². The number of hydrogen-bond acceptors (Lipinski definition) is 4.